The molecule has 1 rings (SSSR count). The van der Waals surface area contributed by atoms with E-state index in [4.69, 9.17) is 5.73 Å². The molecule has 0 radical (unpaired) electrons. The van der Waals surface area contributed by atoms with Gasteiger partial charge < -0.3 is 10.6 Å². The van der Waals surface area contributed by atoms with Crippen molar-refractivity contribution < 1.29 is 0 Å². The fraction of sp³-hybridized carbons (Fsp3) is 0.727. The molecular formula is C11H21N3S. The Balaban J connectivity index is 2.30. The van der Waals surface area contributed by atoms with Crippen LogP contribution in [0.25, 0.3) is 0 Å². The van der Waals surface area contributed by atoms with Crippen LogP contribution in [0, 0.1) is 6.92 Å². The lowest BCUT2D eigenvalue weighted by molar-refractivity contribution is 0.311. The predicted octanol–water partition coefficient (Wildman–Crippen LogP) is 2.01. The minimum atomic E-state index is 0.343. The minimum absolute atomic E-state index is 0.343. The fourth-order valence-electron chi connectivity index (χ4n) is 1.39. The van der Waals surface area contributed by atoms with E-state index < -0.39 is 0 Å². The highest BCUT2D eigenvalue weighted by Gasteiger charge is 2.07. The zero-order valence-electron chi connectivity index (χ0n) is 9.86. The van der Waals surface area contributed by atoms with Gasteiger partial charge in [0, 0.05) is 17.5 Å². The van der Waals surface area contributed by atoms with E-state index in [9.17, 15) is 0 Å². The third-order valence-corrected chi connectivity index (χ3v) is 3.58. The largest absolute Gasteiger partial charge is 0.328 e. The molecule has 0 aromatic carbocycles. The number of nitrogens with zero attached hydrogens (tertiary/aromatic N) is 2. The summed E-state index contributed by atoms with van der Waals surface area (Å²) in [5.74, 6) is 0. The fourth-order valence-corrected chi connectivity index (χ4v) is 2.25. The van der Waals surface area contributed by atoms with Gasteiger partial charge in [-0.25, -0.2) is 4.98 Å². The van der Waals surface area contributed by atoms with Crippen LogP contribution < -0.4 is 5.73 Å². The van der Waals surface area contributed by atoms with E-state index >= 15 is 0 Å². The lowest BCUT2D eigenvalue weighted by Gasteiger charge is -2.18. The maximum absolute atomic E-state index is 5.89. The summed E-state index contributed by atoms with van der Waals surface area (Å²) < 4.78 is 0. The number of rotatable bonds is 6. The topological polar surface area (TPSA) is 42.1 Å². The van der Waals surface area contributed by atoms with Crippen LogP contribution in [0.2, 0.25) is 0 Å². The molecule has 2 N–H and O–H groups in total. The van der Waals surface area contributed by atoms with Crippen LogP contribution in [-0.2, 0) is 6.54 Å². The van der Waals surface area contributed by atoms with Crippen LogP contribution in [-0.4, -0.2) is 29.5 Å². The number of aryl methyl sites for hydroxylation is 1. The molecule has 1 heterocycles. The van der Waals surface area contributed by atoms with Gasteiger partial charge in [0.05, 0.1) is 11.2 Å². The van der Waals surface area contributed by atoms with Crippen molar-refractivity contribution in [3.63, 3.8) is 0 Å². The van der Waals surface area contributed by atoms with Crippen LogP contribution in [0.15, 0.2) is 5.51 Å². The van der Waals surface area contributed by atoms with Gasteiger partial charge in [0.2, 0.25) is 0 Å². The summed E-state index contributed by atoms with van der Waals surface area (Å²) in [6.45, 7) is 6.26. The molecule has 1 aromatic heterocycles. The number of aromatic nitrogens is 1. The first kappa shape index (κ1) is 12.6. The number of hydrogen-bond donors (Lipinski definition) is 1. The molecule has 0 saturated carbocycles. The minimum Gasteiger partial charge on any atom is -0.328 e. The Labute approximate surface area is 96.3 Å². The lowest BCUT2D eigenvalue weighted by atomic mass is 10.1. The third-order valence-electron chi connectivity index (χ3n) is 2.66. The van der Waals surface area contributed by atoms with Crippen molar-refractivity contribution in [2.75, 3.05) is 13.6 Å². The Morgan fingerprint density at radius 1 is 1.60 bits per heavy atom. The van der Waals surface area contributed by atoms with Gasteiger partial charge in [0.15, 0.2) is 0 Å². The number of nitrogens with two attached hydrogens (primary N) is 1. The molecule has 15 heavy (non-hydrogen) atoms. The molecule has 1 unspecified atom stereocenters. The van der Waals surface area contributed by atoms with Gasteiger partial charge >= 0.3 is 0 Å². The predicted molar refractivity (Wildman–Crippen MR) is 66.1 cm³/mol. The van der Waals surface area contributed by atoms with E-state index in [1.54, 1.807) is 11.3 Å². The van der Waals surface area contributed by atoms with E-state index in [1.165, 1.54) is 4.88 Å². The Hall–Kier alpha value is -0.450. The quantitative estimate of drug-likeness (QED) is 0.808. The maximum Gasteiger partial charge on any atom is 0.0798 e. The van der Waals surface area contributed by atoms with Gasteiger partial charge in [-0.2, -0.15) is 0 Å². The van der Waals surface area contributed by atoms with Gasteiger partial charge in [0.1, 0.15) is 0 Å². The third kappa shape index (κ3) is 4.28. The van der Waals surface area contributed by atoms with Crippen LogP contribution >= 0.6 is 11.3 Å². The second kappa shape index (κ2) is 6.20. The molecule has 1 atom stereocenters. The first-order valence-corrected chi connectivity index (χ1v) is 6.34. The molecule has 0 fully saturated rings. The lowest BCUT2D eigenvalue weighted by Crippen LogP contribution is -2.27. The van der Waals surface area contributed by atoms with E-state index in [2.05, 4.69) is 30.8 Å². The van der Waals surface area contributed by atoms with Crippen molar-refractivity contribution in [1.82, 2.24) is 9.88 Å². The van der Waals surface area contributed by atoms with Gasteiger partial charge in [-0.05, 0) is 33.4 Å². The molecule has 1 aromatic rings. The van der Waals surface area contributed by atoms with E-state index in [0.717, 1.165) is 31.6 Å². The summed E-state index contributed by atoms with van der Waals surface area (Å²) in [6, 6.07) is 0.343. The average molecular weight is 227 g/mol. The second-order valence-electron chi connectivity index (χ2n) is 4.06. The van der Waals surface area contributed by atoms with Gasteiger partial charge in [-0.15, -0.1) is 11.3 Å². The first-order valence-electron chi connectivity index (χ1n) is 5.46. The summed E-state index contributed by atoms with van der Waals surface area (Å²) >= 11 is 1.73. The standard InChI is InChI=1S/C11H21N3S/c1-4-10(12)5-6-14(3)7-11-9(2)13-8-15-11/h8,10H,4-7,12H2,1-3H3. The summed E-state index contributed by atoms with van der Waals surface area (Å²) in [5.41, 5.74) is 8.96. The van der Waals surface area contributed by atoms with Crippen molar-refractivity contribution in [3.05, 3.63) is 16.1 Å². The summed E-state index contributed by atoms with van der Waals surface area (Å²) in [5, 5.41) is 0. The summed E-state index contributed by atoms with van der Waals surface area (Å²) in [6.07, 6.45) is 2.14. The zero-order valence-corrected chi connectivity index (χ0v) is 10.7. The van der Waals surface area contributed by atoms with Crippen molar-refractivity contribution in [1.29, 1.82) is 0 Å². The van der Waals surface area contributed by atoms with Crippen LogP contribution in [0.3, 0.4) is 0 Å². The van der Waals surface area contributed by atoms with Crippen molar-refractivity contribution in [3.8, 4) is 0 Å². The first-order chi connectivity index (χ1) is 7.13. The van der Waals surface area contributed by atoms with Crippen LogP contribution in [0.1, 0.15) is 30.3 Å². The maximum atomic E-state index is 5.89. The molecule has 0 bridgehead atoms. The highest BCUT2D eigenvalue weighted by atomic mass is 32.1. The molecule has 0 aliphatic rings. The van der Waals surface area contributed by atoms with Gasteiger partial charge in [0.25, 0.3) is 0 Å². The SMILES string of the molecule is CCC(N)CCN(C)Cc1scnc1C. The number of hydrogen-bond acceptors (Lipinski definition) is 4. The molecule has 0 saturated heterocycles. The van der Waals surface area contributed by atoms with Gasteiger partial charge in [-0.3, -0.25) is 0 Å². The van der Waals surface area contributed by atoms with E-state index in [-0.39, 0.29) is 0 Å². The molecular weight excluding hydrogens is 206 g/mol. The highest BCUT2D eigenvalue weighted by molar-refractivity contribution is 7.09. The normalized spacial score (nSPS) is 13.4. The Kier molecular flexibility index (Phi) is 5.22. The molecule has 4 heteroatoms. The molecule has 0 spiro atoms. The van der Waals surface area contributed by atoms with Gasteiger partial charge in [-0.1, -0.05) is 6.92 Å². The van der Waals surface area contributed by atoms with Crippen molar-refractivity contribution in [2.24, 2.45) is 5.73 Å². The highest BCUT2D eigenvalue weighted by Crippen LogP contribution is 2.14. The van der Waals surface area contributed by atoms with E-state index in [0.29, 0.717) is 6.04 Å². The van der Waals surface area contributed by atoms with Crippen molar-refractivity contribution >= 4 is 11.3 Å². The summed E-state index contributed by atoms with van der Waals surface area (Å²) in [7, 11) is 2.14. The van der Waals surface area contributed by atoms with E-state index in [1.807, 2.05) is 5.51 Å². The number of thiazole rings is 1. The Morgan fingerprint density at radius 2 is 2.33 bits per heavy atom. The summed E-state index contributed by atoms with van der Waals surface area (Å²) in [4.78, 5) is 7.93. The monoisotopic (exact) mass is 227 g/mol. The average Bonchev–Trinajstić information content (AvgIpc) is 2.61. The smallest absolute Gasteiger partial charge is 0.0798 e. The Bertz CT molecular complexity index is 285. The molecule has 0 aliphatic heterocycles. The molecule has 0 amide bonds. The second-order valence-corrected chi connectivity index (χ2v) is 5.00. The van der Waals surface area contributed by atoms with Crippen molar-refractivity contribution in [2.45, 2.75) is 39.3 Å². The molecule has 3 nitrogen and oxygen atoms in total. The van der Waals surface area contributed by atoms with Crippen LogP contribution in [0.4, 0.5) is 0 Å². The molecule has 86 valence electrons. The molecule has 0 aliphatic carbocycles. The Morgan fingerprint density at radius 3 is 2.87 bits per heavy atom. The van der Waals surface area contributed by atoms with Crippen LogP contribution in [0.5, 0.6) is 0 Å². The zero-order chi connectivity index (χ0) is 11.3.